The van der Waals surface area contributed by atoms with Crippen LogP contribution < -0.4 is 10.4 Å². The van der Waals surface area contributed by atoms with Crippen LogP contribution in [0.25, 0.3) is 6.08 Å². The van der Waals surface area contributed by atoms with E-state index in [4.69, 9.17) is 4.74 Å². The second-order valence-corrected chi connectivity index (χ2v) is 14.2. The van der Waals surface area contributed by atoms with E-state index < -0.39 is 20.5 Å². The Balaban J connectivity index is 0.00000237. The largest absolute Gasteiger partial charge is 0.383 e. The third kappa shape index (κ3) is 7.48. The van der Waals surface area contributed by atoms with Crippen LogP contribution in [-0.4, -0.2) is 76.2 Å². The Hall–Kier alpha value is -2.60. The molecule has 0 bridgehead atoms. The standard InChI is InChI=1S/C29H38FN3O5S2.C2H6/c1-21(2)20-24-6-9-26(39-24)27(34)22-10-14-33(15-11-22)23-4-7-25(8-5-23)40(36,37)29(28(35)31-30)12-16-32(17-13-29)18-19-38-3;1-2/h4-9,20,22H,10-19H2,1-3H3,(H,31,35);1-2H3. The summed E-state index contributed by atoms with van der Waals surface area (Å²) >= 11 is 1.53. The zero-order valence-corrected chi connectivity index (χ0v) is 27.0. The lowest BCUT2D eigenvalue weighted by Crippen LogP contribution is -2.57. The number of carbonyl (C=O) groups excluding carboxylic acids is 2. The van der Waals surface area contributed by atoms with E-state index >= 15 is 0 Å². The zero-order valence-electron chi connectivity index (χ0n) is 25.3. The van der Waals surface area contributed by atoms with E-state index in [-0.39, 0.29) is 29.4 Å². The highest BCUT2D eigenvalue weighted by atomic mass is 32.2. The smallest absolute Gasteiger partial charge is 0.269 e. The summed E-state index contributed by atoms with van der Waals surface area (Å²) in [6.45, 7) is 11.2. The van der Waals surface area contributed by atoms with Crippen LogP contribution in [0, 0.1) is 5.92 Å². The number of nitrogens with one attached hydrogen (secondary N) is 1. The van der Waals surface area contributed by atoms with E-state index in [1.165, 1.54) is 29.0 Å². The van der Waals surface area contributed by atoms with Gasteiger partial charge in [-0.1, -0.05) is 19.4 Å². The average molecular weight is 622 g/mol. The summed E-state index contributed by atoms with van der Waals surface area (Å²) in [7, 11) is -2.57. The van der Waals surface area contributed by atoms with E-state index in [9.17, 15) is 22.5 Å². The normalized spacial score (nSPS) is 17.6. The lowest BCUT2D eigenvalue weighted by atomic mass is 9.91. The quantitative estimate of drug-likeness (QED) is 0.275. The van der Waals surface area contributed by atoms with Crippen molar-refractivity contribution in [2.75, 3.05) is 51.3 Å². The first-order chi connectivity index (χ1) is 20.1. The number of piperidine rings is 2. The third-order valence-corrected chi connectivity index (χ3v) is 11.5. The van der Waals surface area contributed by atoms with Crippen LogP contribution >= 0.6 is 11.3 Å². The Morgan fingerprint density at radius 1 is 1.05 bits per heavy atom. The van der Waals surface area contributed by atoms with Crippen molar-refractivity contribution in [3.05, 3.63) is 51.7 Å². The summed E-state index contributed by atoms with van der Waals surface area (Å²) in [5.41, 5.74) is 3.15. The minimum absolute atomic E-state index is 0.000112. The van der Waals surface area contributed by atoms with E-state index in [0.29, 0.717) is 52.2 Å². The van der Waals surface area contributed by atoms with Gasteiger partial charge in [-0.2, -0.15) is 5.54 Å². The van der Waals surface area contributed by atoms with Gasteiger partial charge in [-0.25, -0.2) is 8.42 Å². The molecule has 1 N–H and O–H groups in total. The van der Waals surface area contributed by atoms with Gasteiger partial charge in [-0.15, -0.1) is 15.8 Å². The van der Waals surface area contributed by atoms with E-state index in [1.54, 1.807) is 19.2 Å². The molecule has 3 heterocycles. The van der Waals surface area contributed by atoms with Crippen molar-refractivity contribution in [2.45, 2.75) is 63.0 Å². The highest BCUT2D eigenvalue weighted by Gasteiger charge is 2.53. The number of amides is 1. The van der Waals surface area contributed by atoms with Crippen molar-refractivity contribution in [1.29, 1.82) is 0 Å². The molecule has 0 radical (unpaired) electrons. The first kappa shape index (κ1) is 33.9. The Kier molecular flexibility index (Phi) is 12.3. The molecular weight excluding hydrogens is 577 g/mol. The first-order valence-electron chi connectivity index (χ1n) is 14.6. The van der Waals surface area contributed by atoms with E-state index in [1.807, 2.05) is 44.7 Å². The van der Waals surface area contributed by atoms with Gasteiger partial charge in [0.1, 0.15) is 0 Å². The molecule has 2 saturated heterocycles. The van der Waals surface area contributed by atoms with E-state index in [2.05, 4.69) is 11.0 Å². The average Bonchev–Trinajstić information content (AvgIpc) is 3.48. The number of Topliss-reactive ketones (excluding diaryl/α,β-unsaturated/α-hetero) is 1. The number of nitrogens with zero attached hydrogens (tertiary/aromatic N) is 2. The van der Waals surface area contributed by atoms with Crippen molar-refractivity contribution in [1.82, 2.24) is 10.4 Å². The molecule has 0 unspecified atom stereocenters. The summed E-state index contributed by atoms with van der Waals surface area (Å²) in [4.78, 5) is 31.7. The molecule has 1 aromatic heterocycles. The van der Waals surface area contributed by atoms with Crippen molar-refractivity contribution in [3.8, 4) is 0 Å². The molecule has 0 aliphatic carbocycles. The number of methoxy groups -OCH3 is 1. The summed E-state index contributed by atoms with van der Waals surface area (Å²) in [6.07, 6.45) is 3.50. The van der Waals surface area contributed by atoms with Gasteiger partial charge < -0.3 is 14.5 Å². The predicted octanol–water partition coefficient (Wildman–Crippen LogP) is 5.55. The number of carbonyl (C=O) groups is 2. The SMILES string of the molecule is CC.COCCN1CCC(C(=O)NF)(S(=O)(=O)c2ccc(N3CCC(C(=O)c4ccc(C=C(C)C)s4)CC3)cc2)CC1. The van der Waals surface area contributed by atoms with Gasteiger partial charge in [0, 0.05) is 56.3 Å². The molecule has 42 heavy (non-hydrogen) atoms. The lowest BCUT2D eigenvalue weighted by molar-refractivity contribution is -0.129. The fourth-order valence-corrected chi connectivity index (χ4v) is 8.61. The van der Waals surface area contributed by atoms with E-state index in [0.717, 1.165) is 21.0 Å². The number of anilines is 1. The summed E-state index contributed by atoms with van der Waals surface area (Å²) in [5, 5.41) is 0. The van der Waals surface area contributed by atoms with Gasteiger partial charge in [-0.05, 0) is 82.0 Å². The summed E-state index contributed by atoms with van der Waals surface area (Å²) in [6, 6.07) is 10.4. The molecule has 2 fully saturated rings. The van der Waals surface area contributed by atoms with Crippen LogP contribution in [0.1, 0.15) is 67.9 Å². The van der Waals surface area contributed by atoms with Crippen molar-refractivity contribution in [3.63, 3.8) is 0 Å². The molecule has 0 spiro atoms. The van der Waals surface area contributed by atoms with Crippen LogP contribution in [0.15, 0.2) is 46.9 Å². The monoisotopic (exact) mass is 621 g/mol. The Morgan fingerprint density at radius 2 is 1.67 bits per heavy atom. The van der Waals surface area contributed by atoms with Crippen LogP contribution in [0.5, 0.6) is 0 Å². The minimum Gasteiger partial charge on any atom is -0.383 e. The maximum absolute atomic E-state index is 13.7. The van der Waals surface area contributed by atoms with Gasteiger partial charge in [0.15, 0.2) is 20.4 Å². The molecule has 0 atom stereocenters. The molecule has 1 aromatic carbocycles. The predicted molar refractivity (Wildman–Crippen MR) is 167 cm³/mol. The van der Waals surface area contributed by atoms with Crippen molar-refractivity contribution < 1.29 is 27.2 Å². The molecular formula is C31H44FN3O5S2. The number of thiophene rings is 1. The molecule has 232 valence electrons. The molecule has 4 rings (SSSR count). The van der Waals surface area contributed by atoms with Crippen LogP contribution in [0.3, 0.4) is 0 Å². The lowest BCUT2D eigenvalue weighted by Gasteiger charge is -2.39. The van der Waals surface area contributed by atoms with Gasteiger partial charge in [-0.3, -0.25) is 9.59 Å². The number of benzene rings is 1. The second kappa shape index (κ2) is 15.2. The molecule has 2 aliphatic heterocycles. The number of likely N-dealkylation sites (tertiary alicyclic amines) is 1. The van der Waals surface area contributed by atoms with Crippen LogP contribution in [0.2, 0.25) is 0 Å². The van der Waals surface area contributed by atoms with Crippen molar-refractivity contribution in [2.24, 2.45) is 5.92 Å². The van der Waals surface area contributed by atoms with Crippen molar-refractivity contribution >= 4 is 44.6 Å². The van der Waals surface area contributed by atoms with Crippen LogP contribution in [0.4, 0.5) is 10.2 Å². The molecule has 2 aliphatic rings. The Morgan fingerprint density at radius 3 is 2.21 bits per heavy atom. The zero-order chi connectivity index (χ0) is 30.9. The van der Waals surface area contributed by atoms with Gasteiger partial charge in [0.25, 0.3) is 5.91 Å². The number of hydrogen-bond donors (Lipinski definition) is 1. The topological polar surface area (TPSA) is 96.0 Å². The van der Waals surface area contributed by atoms with Gasteiger partial charge in [0.05, 0.1) is 16.4 Å². The molecule has 0 saturated carbocycles. The maximum atomic E-state index is 13.7. The number of sulfone groups is 1. The Bertz CT molecular complexity index is 1320. The number of hydrogen-bond acceptors (Lipinski definition) is 8. The van der Waals surface area contributed by atoms with Crippen LogP contribution in [-0.2, 0) is 19.4 Å². The minimum atomic E-state index is -4.16. The summed E-state index contributed by atoms with van der Waals surface area (Å²) in [5.74, 6) is -0.972. The van der Waals surface area contributed by atoms with Gasteiger partial charge in [0.2, 0.25) is 0 Å². The highest BCUT2D eigenvalue weighted by Crippen LogP contribution is 2.37. The number of rotatable bonds is 10. The molecule has 11 heteroatoms. The number of ketones is 1. The fourth-order valence-electron chi connectivity index (χ4n) is 5.57. The number of allylic oxidation sites excluding steroid dienone is 1. The summed E-state index contributed by atoms with van der Waals surface area (Å²) < 4.78 is 44.0. The Labute approximate surface area is 253 Å². The fraction of sp³-hybridized carbons (Fsp3) is 0.548. The third-order valence-electron chi connectivity index (χ3n) is 7.97. The molecule has 2 aromatic rings. The molecule has 8 nitrogen and oxygen atoms in total. The second-order valence-electron chi connectivity index (χ2n) is 10.8. The van der Waals surface area contributed by atoms with Gasteiger partial charge >= 0.3 is 0 Å². The first-order valence-corrected chi connectivity index (χ1v) is 16.9. The highest BCUT2D eigenvalue weighted by molar-refractivity contribution is 7.93. The number of ether oxygens (including phenoxy) is 1. The number of halogens is 1. The molecule has 1 amide bonds. The maximum Gasteiger partial charge on any atom is 0.269 e.